The van der Waals surface area contributed by atoms with E-state index in [1.165, 1.54) is 0 Å². The number of aromatic nitrogens is 1. The summed E-state index contributed by atoms with van der Waals surface area (Å²) < 4.78 is 21.9. The molecule has 8 nitrogen and oxygen atoms in total. The fourth-order valence-electron chi connectivity index (χ4n) is 3.46. The quantitative estimate of drug-likeness (QED) is 0.231. The number of esters is 1. The van der Waals surface area contributed by atoms with Crippen molar-refractivity contribution in [3.63, 3.8) is 0 Å². The van der Waals surface area contributed by atoms with Gasteiger partial charge in [-0.05, 0) is 63.1 Å². The predicted molar refractivity (Wildman–Crippen MR) is 133 cm³/mol. The number of hydrogen-bond acceptors (Lipinski definition) is 8. The first-order chi connectivity index (χ1) is 16.9. The number of ketones is 1. The van der Waals surface area contributed by atoms with Gasteiger partial charge in [0.05, 0.1) is 18.9 Å². The summed E-state index contributed by atoms with van der Waals surface area (Å²) >= 11 is 0. The molecule has 8 heteroatoms. The maximum atomic E-state index is 13.3. The first-order valence-electron chi connectivity index (χ1n) is 11.3. The molecule has 0 atom stereocenters. The van der Waals surface area contributed by atoms with Gasteiger partial charge in [-0.2, -0.15) is 0 Å². The number of aryl methyl sites for hydroxylation is 2. The average Bonchev–Trinajstić information content (AvgIpc) is 3.14. The summed E-state index contributed by atoms with van der Waals surface area (Å²) in [6.45, 7) is 8.20. The van der Waals surface area contributed by atoms with Crippen molar-refractivity contribution in [1.82, 2.24) is 4.98 Å². The predicted octanol–water partition coefficient (Wildman–Crippen LogP) is 4.50. The van der Waals surface area contributed by atoms with Crippen LogP contribution in [0, 0.1) is 13.8 Å². The van der Waals surface area contributed by atoms with Crippen LogP contribution in [0.4, 0.5) is 5.69 Å². The van der Waals surface area contributed by atoms with Gasteiger partial charge in [0.15, 0.2) is 11.3 Å². The standard InChI is InChI=1S/C27H30N2O6/c1-6-19(20-9-8-12-28-18(20)4)16-23-25(30)24(27(31)33-7-2)26(35-23)29-21-11-10-17(3)15-22(21)34-14-13-32-5/h6,8-12,15-16,29H,7,13-14H2,1-5H3/b19-6-,23-16-. The molecule has 1 N–H and O–H groups in total. The molecule has 0 saturated carbocycles. The zero-order valence-electron chi connectivity index (χ0n) is 20.6. The van der Waals surface area contributed by atoms with E-state index >= 15 is 0 Å². The Morgan fingerprint density at radius 3 is 2.69 bits per heavy atom. The second-order valence-electron chi connectivity index (χ2n) is 7.71. The van der Waals surface area contributed by atoms with E-state index in [2.05, 4.69) is 10.3 Å². The Hall–Kier alpha value is -3.91. The third-order valence-corrected chi connectivity index (χ3v) is 5.22. The van der Waals surface area contributed by atoms with E-state index in [1.54, 1.807) is 32.4 Å². The zero-order valence-corrected chi connectivity index (χ0v) is 20.6. The summed E-state index contributed by atoms with van der Waals surface area (Å²) in [6.07, 6.45) is 5.16. The molecule has 184 valence electrons. The van der Waals surface area contributed by atoms with Gasteiger partial charge in [0, 0.05) is 24.6 Å². The lowest BCUT2D eigenvalue weighted by molar-refractivity contribution is -0.139. The second-order valence-corrected chi connectivity index (χ2v) is 7.71. The van der Waals surface area contributed by atoms with Gasteiger partial charge in [0.1, 0.15) is 12.4 Å². The van der Waals surface area contributed by atoms with Crippen molar-refractivity contribution < 1.29 is 28.5 Å². The summed E-state index contributed by atoms with van der Waals surface area (Å²) in [6, 6.07) is 9.24. The number of ether oxygens (including phenoxy) is 4. The minimum absolute atomic E-state index is 0.000805. The van der Waals surface area contributed by atoms with Crippen molar-refractivity contribution in [3.05, 3.63) is 82.7 Å². The topological polar surface area (TPSA) is 96.0 Å². The maximum Gasteiger partial charge on any atom is 0.347 e. The molecule has 0 fully saturated rings. The highest BCUT2D eigenvalue weighted by Gasteiger charge is 2.37. The maximum absolute atomic E-state index is 13.3. The van der Waals surface area contributed by atoms with Crippen LogP contribution in [0.1, 0.15) is 30.7 Å². The van der Waals surface area contributed by atoms with Crippen LogP contribution in [0.5, 0.6) is 5.75 Å². The number of rotatable bonds is 10. The summed E-state index contributed by atoms with van der Waals surface area (Å²) in [5, 5.41) is 3.05. The number of anilines is 1. The van der Waals surface area contributed by atoms with Crippen LogP contribution >= 0.6 is 0 Å². The van der Waals surface area contributed by atoms with Crippen molar-refractivity contribution in [2.45, 2.75) is 27.7 Å². The molecule has 1 aliphatic rings. The van der Waals surface area contributed by atoms with Crippen LogP contribution < -0.4 is 10.1 Å². The minimum Gasteiger partial charge on any atom is -0.489 e. The molecule has 3 rings (SSSR count). The molecule has 0 radical (unpaired) electrons. The van der Waals surface area contributed by atoms with E-state index in [0.29, 0.717) is 24.7 Å². The molecule has 1 aromatic heterocycles. The highest BCUT2D eigenvalue weighted by Crippen LogP contribution is 2.33. The van der Waals surface area contributed by atoms with Crippen molar-refractivity contribution >= 4 is 23.0 Å². The molecule has 1 aromatic carbocycles. The monoisotopic (exact) mass is 478 g/mol. The van der Waals surface area contributed by atoms with Crippen molar-refractivity contribution in [2.24, 2.45) is 0 Å². The fourth-order valence-corrected chi connectivity index (χ4v) is 3.46. The van der Waals surface area contributed by atoms with Crippen LogP contribution in [0.2, 0.25) is 0 Å². The number of allylic oxidation sites excluding steroid dienone is 4. The van der Waals surface area contributed by atoms with Gasteiger partial charge in [0.25, 0.3) is 0 Å². The molecule has 0 bridgehead atoms. The Labute approximate surface area is 205 Å². The van der Waals surface area contributed by atoms with Gasteiger partial charge in [-0.25, -0.2) is 4.79 Å². The highest BCUT2D eigenvalue weighted by molar-refractivity contribution is 6.26. The molecule has 35 heavy (non-hydrogen) atoms. The molecule has 0 saturated heterocycles. The summed E-state index contributed by atoms with van der Waals surface area (Å²) in [5.74, 6) is -0.816. The van der Waals surface area contributed by atoms with Gasteiger partial charge < -0.3 is 24.3 Å². The molecule has 1 aliphatic heterocycles. The Balaban J connectivity index is 1.98. The van der Waals surface area contributed by atoms with Crippen LogP contribution in [0.25, 0.3) is 5.57 Å². The van der Waals surface area contributed by atoms with Crippen LogP contribution in [0.15, 0.2) is 65.9 Å². The average molecular weight is 479 g/mol. The van der Waals surface area contributed by atoms with Gasteiger partial charge in [-0.1, -0.05) is 18.2 Å². The first-order valence-corrected chi connectivity index (χ1v) is 11.3. The second kappa shape index (κ2) is 12.0. The smallest absolute Gasteiger partial charge is 0.347 e. The molecule has 0 amide bonds. The largest absolute Gasteiger partial charge is 0.489 e. The molecule has 2 heterocycles. The van der Waals surface area contributed by atoms with Gasteiger partial charge in [-0.15, -0.1) is 0 Å². The SMILES string of the molecule is C/C=C(/C=C1\OC(Nc2ccc(C)cc2OCCOC)=C(C(=O)OCC)C1=O)c1cccnc1C. The molecule has 0 spiro atoms. The lowest BCUT2D eigenvalue weighted by Crippen LogP contribution is -2.16. The number of Topliss-reactive ketones (excluding diaryl/α,β-unsaturated/α-hetero) is 1. The highest BCUT2D eigenvalue weighted by atomic mass is 16.5. The molecule has 2 aromatic rings. The Kier molecular flexibility index (Phi) is 8.80. The Morgan fingerprint density at radius 1 is 1.20 bits per heavy atom. The molecule has 0 unspecified atom stereocenters. The van der Waals surface area contributed by atoms with Gasteiger partial charge in [-0.3, -0.25) is 9.78 Å². The summed E-state index contributed by atoms with van der Waals surface area (Å²) in [5.41, 5.74) is 3.70. The third kappa shape index (κ3) is 6.16. The fraction of sp³-hybridized carbons (Fsp3) is 0.296. The Bertz CT molecular complexity index is 1200. The van der Waals surface area contributed by atoms with Crippen LogP contribution in [-0.4, -0.2) is 43.7 Å². The zero-order chi connectivity index (χ0) is 25.4. The van der Waals surface area contributed by atoms with Crippen LogP contribution in [-0.2, 0) is 23.8 Å². The molecule has 0 aliphatic carbocycles. The van der Waals surface area contributed by atoms with Gasteiger partial charge >= 0.3 is 5.97 Å². The van der Waals surface area contributed by atoms with E-state index in [0.717, 1.165) is 22.4 Å². The van der Waals surface area contributed by atoms with E-state index in [1.807, 2.05) is 51.1 Å². The normalized spacial score (nSPS) is 14.8. The lowest BCUT2D eigenvalue weighted by atomic mass is 10.0. The van der Waals surface area contributed by atoms with E-state index in [-0.39, 0.29) is 23.8 Å². The number of nitrogens with one attached hydrogen (secondary N) is 1. The third-order valence-electron chi connectivity index (χ3n) is 5.22. The van der Waals surface area contributed by atoms with Gasteiger partial charge in [0.2, 0.25) is 11.7 Å². The summed E-state index contributed by atoms with van der Waals surface area (Å²) in [7, 11) is 1.59. The minimum atomic E-state index is -0.767. The Morgan fingerprint density at radius 2 is 2.00 bits per heavy atom. The summed E-state index contributed by atoms with van der Waals surface area (Å²) in [4.78, 5) is 30.3. The number of methoxy groups -OCH3 is 1. The van der Waals surface area contributed by atoms with E-state index in [4.69, 9.17) is 18.9 Å². The number of benzene rings is 1. The first kappa shape index (κ1) is 25.7. The van der Waals surface area contributed by atoms with Crippen molar-refractivity contribution in [2.75, 3.05) is 32.2 Å². The molecular formula is C27H30N2O6. The van der Waals surface area contributed by atoms with Crippen LogP contribution in [0.3, 0.4) is 0 Å². The lowest BCUT2D eigenvalue weighted by Gasteiger charge is -2.15. The number of carbonyl (C=O) groups excluding carboxylic acids is 2. The number of carbonyl (C=O) groups is 2. The van der Waals surface area contributed by atoms with Crippen molar-refractivity contribution in [1.29, 1.82) is 0 Å². The number of nitrogens with zero attached hydrogens (tertiary/aromatic N) is 1. The number of hydrogen-bond donors (Lipinski definition) is 1. The van der Waals surface area contributed by atoms with E-state index in [9.17, 15) is 9.59 Å². The van der Waals surface area contributed by atoms with E-state index < -0.39 is 11.8 Å². The molecular weight excluding hydrogens is 448 g/mol. The number of pyridine rings is 1. The van der Waals surface area contributed by atoms with Crippen molar-refractivity contribution in [3.8, 4) is 5.75 Å².